The van der Waals surface area contributed by atoms with Crippen molar-refractivity contribution in [2.45, 2.75) is 53.0 Å². The van der Waals surface area contributed by atoms with Crippen LogP contribution in [0.25, 0.3) is 0 Å². The van der Waals surface area contributed by atoms with Crippen LogP contribution in [-0.2, 0) is 0 Å². The molecule has 1 N–H and O–H groups in total. The number of alkyl halides is 1. The van der Waals surface area contributed by atoms with Crippen LogP contribution in [0.2, 0.25) is 0 Å². The lowest BCUT2D eigenvalue weighted by Crippen LogP contribution is -2.35. The molecule has 0 spiro atoms. The van der Waals surface area contributed by atoms with E-state index in [1.165, 1.54) is 12.8 Å². The average molecular weight is 220 g/mol. The summed E-state index contributed by atoms with van der Waals surface area (Å²) in [7, 11) is 0. The normalized spacial score (nSPS) is 13.9. The molecule has 0 aromatic carbocycles. The van der Waals surface area contributed by atoms with Gasteiger partial charge in [-0.3, -0.25) is 0 Å². The van der Waals surface area contributed by atoms with E-state index in [1.807, 2.05) is 0 Å². The fourth-order valence-electron chi connectivity index (χ4n) is 1.59. The molecule has 1 atom stereocenters. The Bertz CT molecular complexity index is 123. The zero-order valence-electron chi connectivity index (χ0n) is 10.1. The summed E-state index contributed by atoms with van der Waals surface area (Å²) >= 11 is 5.76. The van der Waals surface area contributed by atoms with Gasteiger partial charge in [0.25, 0.3) is 0 Å². The van der Waals surface area contributed by atoms with Crippen molar-refractivity contribution in [1.82, 2.24) is 5.32 Å². The number of hydrogen-bond donors (Lipinski definition) is 1. The van der Waals surface area contributed by atoms with Crippen LogP contribution in [0.4, 0.5) is 0 Å². The summed E-state index contributed by atoms with van der Waals surface area (Å²) in [4.78, 5) is 0. The van der Waals surface area contributed by atoms with Gasteiger partial charge in [0.2, 0.25) is 0 Å². The Morgan fingerprint density at radius 1 is 1.07 bits per heavy atom. The van der Waals surface area contributed by atoms with Crippen LogP contribution in [0.5, 0.6) is 0 Å². The van der Waals surface area contributed by atoms with Crippen LogP contribution in [0, 0.1) is 11.8 Å². The molecule has 0 heterocycles. The predicted octanol–water partition coefficient (Wildman–Crippen LogP) is 3.67. The quantitative estimate of drug-likeness (QED) is 0.485. The largest absolute Gasteiger partial charge is 0.314 e. The molecule has 0 aliphatic heterocycles. The van der Waals surface area contributed by atoms with Crippen molar-refractivity contribution in [3.8, 4) is 0 Å². The molecule has 0 aliphatic carbocycles. The molecule has 0 saturated heterocycles. The van der Waals surface area contributed by atoms with Crippen molar-refractivity contribution in [3.63, 3.8) is 0 Å². The minimum Gasteiger partial charge on any atom is -0.314 e. The second-order valence-electron chi connectivity index (χ2n) is 4.82. The fraction of sp³-hybridized carbons (Fsp3) is 1.00. The summed E-state index contributed by atoms with van der Waals surface area (Å²) in [5.41, 5.74) is 0. The van der Waals surface area contributed by atoms with Crippen molar-refractivity contribution < 1.29 is 0 Å². The van der Waals surface area contributed by atoms with Crippen LogP contribution in [0.15, 0.2) is 0 Å². The van der Waals surface area contributed by atoms with Gasteiger partial charge in [0, 0.05) is 11.9 Å². The minimum absolute atomic E-state index is 0.597. The van der Waals surface area contributed by atoms with Gasteiger partial charge in [0.1, 0.15) is 0 Å². The fourth-order valence-corrected chi connectivity index (χ4v) is 1.82. The molecule has 0 aromatic heterocycles. The van der Waals surface area contributed by atoms with Crippen molar-refractivity contribution in [2.75, 3.05) is 12.4 Å². The number of nitrogens with one attached hydrogen (secondary N) is 1. The average Bonchev–Trinajstić information content (AvgIpc) is 2.09. The Labute approximate surface area is 94.6 Å². The van der Waals surface area contributed by atoms with E-state index in [2.05, 4.69) is 33.0 Å². The Morgan fingerprint density at radius 3 is 2.14 bits per heavy atom. The summed E-state index contributed by atoms with van der Waals surface area (Å²) in [6, 6.07) is 0.597. The second kappa shape index (κ2) is 8.55. The van der Waals surface area contributed by atoms with Gasteiger partial charge in [-0.15, -0.1) is 11.6 Å². The molecule has 0 aromatic rings. The topological polar surface area (TPSA) is 12.0 Å². The standard InChI is InChI=1S/C12H26ClN/c1-10(2)6-5-9-14-12(7-8-13)11(3)4/h10-12,14H,5-9H2,1-4H3. The summed E-state index contributed by atoms with van der Waals surface area (Å²) in [5.74, 6) is 2.27. The maximum Gasteiger partial charge on any atom is 0.0238 e. The Balaban J connectivity index is 3.50. The van der Waals surface area contributed by atoms with Gasteiger partial charge in [0.15, 0.2) is 0 Å². The smallest absolute Gasteiger partial charge is 0.0238 e. The maximum absolute atomic E-state index is 5.76. The third kappa shape index (κ3) is 7.64. The van der Waals surface area contributed by atoms with Crippen molar-refractivity contribution >= 4 is 11.6 Å². The molecule has 86 valence electrons. The molecule has 0 fully saturated rings. The highest BCUT2D eigenvalue weighted by molar-refractivity contribution is 6.17. The Kier molecular flexibility index (Phi) is 8.70. The van der Waals surface area contributed by atoms with Crippen LogP contribution in [0.1, 0.15) is 47.0 Å². The first-order valence-corrected chi connectivity index (χ1v) is 6.40. The highest BCUT2D eigenvalue weighted by Gasteiger charge is 2.10. The van der Waals surface area contributed by atoms with E-state index < -0.39 is 0 Å². The van der Waals surface area contributed by atoms with Crippen molar-refractivity contribution in [1.29, 1.82) is 0 Å². The van der Waals surface area contributed by atoms with E-state index in [9.17, 15) is 0 Å². The summed E-state index contributed by atoms with van der Waals surface area (Å²) < 4.78 is 0. The monoisotopic (exact) mass is 219 g/mol. The van der Waals surface area contributed by atoms with E-state index in [0.29, 0.717) is 12.0 Å². The lowest BCUT2D eigenvalue weighted by molar-refractivity contribution is 0.380. The van der Waals surface area contributed by atoms with Crippen molar-refractivity contribution in [2.24, 2.45) is 11.8 Å². The molecule has 0 bridgehead atoms. The van der Waals surface area contributed by atoms with E-state index in [-0.39, 0.29) is 0 Å². The first kappa shape index (κ1) is 14.2. The van der Waals surface area contributed by atoms with E-state index in [1.54, 1.807) is 0 Å². The molecular formula is C12H26ClN. The number of rotatable bonds is 8. The lowest BCUT2D eigenvalue weighted by atomic mass is 10.0. The second-order valence-corrected chi connectivity index (χ2v) is 5.20. The SMILES string of the molecule is CC(C)CCCNC(CCCl)C(C)C. The van der Waals surface area contributed by atoms with Gasteiger partial charge < -0.3 is 5.32 Å². The molecule has 14 heavy (non-hydrogen) atoms. The maximum atomic E-state index is 5.76. The van der Waals surface area contributed by atoms with E-state index in [0.717, 1.165) is 24.8 Å². The van der Waals surface area contributed by atoms with Gasteiger partial charge in [-0.1, -0.05) is 27.7 Å². The highest BCUT2D eigenvalue weighted by Crippen LogP contribution is 2.08. The molecule has 0 rings (SSSR count). The minimum atomic E-state index is 0.597. The van der Waals surface area contributed by atoms with Gasteiger partial charge in [0.05, 0.1) is 0 Å². The van der Waals surface area contributed by atoms with E-state index >= 15 is 0 Å². The molecule has 1 nitrogen and oxygen atoms in total. The van der Waals surface area contributed by atoms with Crippen LogP contribution >= 0.6 is 11.6 Å². The van der Waals surface area contributed by atoms with Gasteiger partial charge in [-0.05, 0) is 37.6 Å². The number of hydrogen-bond acceptors (Lipinski definition) is 1. The third-order valence-corrected chi connectivity index (χ3v) is 2.81. The summed E-state index contributed by atoms with van der Waals surface area (Å²) in [6.45, 7) is 10.2. The molecule has 0 saturated carbocycles. The van der Waals surface area contributed by atoms with Gasteiger partial charge in [-0.25, -0.2) is 0 Å². The molecule has 0 amide bonds. The molecule has 0 radical (unpaired) electrons. The first-order valence-electron chi connectivity index (χ1n) is 5.87. The molecule has 2 heteroatoms. The zero-order chi connectivity index (χ0) is 11.0. The first-order chi connectivity index (χ1) is 6.57. The Hall–Kier alpha value is 0.250. The third-order valence-electron chi connectivity index (χ3n) is 2.59. The Morgan fingerprint density at radius 2 is 1.71 bits per heavy atom. The predicted molar refractivity (Wildman–Crippen MR) is 66.0 cm³/mol. The van der Waals surface area contributed by atoms with Crippen LogP contribution in [0.3, 0.4) is 0 Å². The molecular weight excluding hydrogens is 194 g/mol. The molecule has 0 aliphatic rings. The highest BCUT2D eigenvalue weighted by atomic mass is 35.5. The molecule has 1 unspecified atom stereocenters. The summed E-state index contributed by atoms with van der Waals surface area (Å²) in [5, 5.41) is 3.59. The zero-order valence-corrected chi connectivity index (χ0v) is 10.9. The van der Waals surface area contributed by atoms with Crippen LogP contribution < -0.4 is 5.32 Å². The van der Waals surface area contributed by atoms with Gasteiger partial charge in [-0.2, -0.15) is 0 Å². The van der Waals surface area contributed by atoms with Crippen molar-refractivity contribution in [3.05, 3.63) is 0 Å². The van der Waals surface area contributed by atoms with E-state index in [4.69, 9.17) is 11.6 Å². The summed E-state index contributed by atoms with van der Waals surface area (Å²) in [6.07, 6.45) is 3.68. The number of halogens is 1. The van der Waals surface area contributed by atoms with Gasteiger partial charge >= 0.3 is 0 Å². The van der Waals surface area contributed by atoms with Crippen LogP contribution in [-0.4, -0.2) is 18.5 Å². The lowest BCUT2D eigenvalue weighted by Gasteiger charge is -2.21.